The summed E-state index contributed by atoms with van der Waals surface area (Å²) in [7, 11) is 1.89. The second kappa shape index (κ2) is 4.62. The Hall–Kier alpha value is -1.41. The van der Waals surface area contributed by atoms with Crippen LogP contribution < -0.4 is 5.32 Å². The zero-order valence-electron chi connectivity index (χ0n) is 9.56. The van der Waals surface area contributed by atoms with E-state index in [-0.39, 0.29) is 5.54 Å². The Morgan fingerprint density at radius 1 is 1.69 bits per heavy atom. The van der Waals surface area contributed by atoms with Crippen LogP contribution in [0, 0.1) is 17.2 Å². The van der Waals surface area contributed by atoms with E-state index >= 15 is 0 Å². The van der Waals surface area contributed by atoms with Crippen molar-refractivity contribution in [3.63, 3.8) is 0 Å². The number of nitrogens with zero attached hydrogens (tertiary/aromatic N) is 4. The predicted octanol–water partition coefficient (Wildman–Crippen LogP) is 0.950. The van der Waals surface area contributed by atoms with E-state index in [4.69, 9.17) is 0 Å². The van der Waals surface area contributed by atoms with Gasteiger partial charge in [0.25, 0.3) is 0 Å². The molecule has 0 radical (unpaired) electrons. The van der Waals surface area contributed by atoms with E-state index in [1.54, 1.807) is 12.7 Å². The molecule has 1 aromatic heterocycles. The first kappa shape index (κ1) is 11.1. The van der Waals surface area contributed by atoms with Crippen LogP contribution in [0.3, 0.4) is 0 Å². The number of rotatable bonds is 4. The van der Waals surface area contributed by atoms with E-state index in [1.807, 2.05) is 11.7 Å². The maximum atomic E-state index is 9.30. The molecule has 2 atom stereocenters. The van der Waals surface area contributed by atoms with Gasteiger partial charge in [0.1, 0.15) is 18.2 Å². The first-order chi connectivity index (χ1) is 7.80. The molecule has 0 aliphatic heterocycles. The molecule has 5 heteroatoms. The van der Waals surface area contributed by atoms with Gasteiger partial charge in [0.05, 0.1) is 6.07 Å². The largest absolute Gasteiger partial charge is 0.302 e. The summed E-state index contributed by atoms with van der Waals surface area (Å²) >= 11 is 0. The van der Waals surface area contributed by atoms with Gasteiger partial charge in [-0.2, -0.15) is 10.4 Å². The van der Waals surface area contributed by atoms with Crippen molar-refractivity contribution >= 4 is 0 Å². The first-order valence-electron chi connectivity index (χ1n) is 5.73. The van der Waals surface area contributed by atoms with Gasteiger partial charge in [-0.05, 0) is 32.2 Å². The molecule has 0 bridgehead atoms. The van der Waals surface area contributed by atoms with E-state index in [0.29, 0.717) is 5.92 Å². The van der Waals surface area contributed by atoms with E-state index in [9.17, 15) is 5.26 Å². The lowest BCUT2D eigenvalue weighted by atomic mass is 9.86. The van der Waals surface area contributed by atoms with E-state index < -0.39 is 0 Å². The standard InChI is InChI=1S/C11H17N5/c1-13-11(7-12)5-2-3-10(11)4-6-16-9-14-8-15-16/h8-10,13H,2-6H2,1H3. The van der Waals surface area contributed by atoms with Crippen molar-refractivity contribution in [2.24, 2.45) is 5.92 Å². The average Bonchev–Trinajstić information content (AvgIpc) is 2.96. The number of hydrogen-bond acceptors (Lipinski definition) is 4. The Morgan fingerprint density at radius 3 is 3.19 bits per heavy atom. The van der Waals surface area contributed by atoms with Crippen molar-refractivity contribution in [3.05, 3.63) is 12.7 Å². The molecule has 1 saturated carbocycles. The number of nitriles is 1. The second-order valence-electron chi connectivity index (χ2n) is 4.37. The van der Waals surface area contributed by atoms with Crippen molar-refractivity contribution in [1.29, 1.82) is 5.26 Å². The van der Waals surface area contributed by atoms with E-state index in [1.165, 1.54) is 0 Å². The molecule has 1 N–H and O–H groups in total. The third kappa shape index (κ3) is 1.93. The molecule has 5 nitrogen and oxygen atoms in total. The molecule has 0 amide bonds. The van der Waals surface area contributed by atoms with Gasteiger partial charge >= 0.3 is 0 Å². The Labute approximate surface area is 95.5 Å². The van der Waals surface area contributed by atoms with Crippen LogP contribution in [0.25, 0.3) is 0 Å². The minimum Gasteiger partial charge on any atom is -0.302 e. The summed E-state index contributed by atoms with van der Waals surface area (Å²) in [5.74, 6) is 0.423. The number of aryl methyl sites for hydroxylation is 1. The Morgan fingerprint density at radius 2 is 2.56 bits per heavy atom. The second-order valence-corrected chi connectivity index (χ2v) is 4.37. The van der Waals surface area contributed by atoms with Gasteiger partial charge in [-0.1, -0.05) is 6.42 Å². The van der Waals surface area contributed by atoms with Gasteiger partial charge in [0.15, 0.2) is 0 Å². The Balaban J connectivity index is 1.97. The fourth-order valence-electron chi connectivity index (χ4n) is 2.64. The molecule has 2 rings (SSSR count). The normalized spacial score (nSPS) is 29.1. The van der Waals surface area contributed by atoms with Gasteiger partial charge in [-0.3, -0.25) is 4.68 Å². The minimum atomic E-state index is -0.319. The molecule has 16 heavy (non-hydrogen) atoms. The van der Waals surface area contributed by atoms with Crippen LogP contribution >= 0.6 is 0 Å². The summed E-state index contributed by atoms with van der Waals surface area (Å²) in [4.78, 5) is 3.92. The fourth-order valence-corrected chi connectivity index (χ4v) is 2.64. The number of hydrogen-bond donors (Lipinski definition) is 1. The summed E-state index contributed by atoms with van der Waals surface area (Å²) in [6, 6.07) is 2.45. The van der Waals surface area contributed by atoms with Crippen LogP contribution in [0.4, 0.5) is 0 Å². The summed E-state index contributed by atoms with van der Waals surface area (Å²) in [6.45, 7) is 0.843. The van der Waals surface area contributed by atoms with Crippen LogP contribution in [0.2, 0.25) is 0 Å². The minimum absolute atomic E-state index is 0.319. The fraction of sp³-hybridized carbons (Fsp3) is 0.727. The van der Waals surface area contributed by atoms with Crippen molar-refractivity contribution in [2.75, 3.05) is 7.05 Å². The molecule has 1 heterocycles. The highest BCUT2D eigenvalue weighted by atomic mass is 15.3. The Kier molecular flexibility index (Phi) is 3.20. The van der Waals surface area contributed by atoms with Crippen molar-refractivity contribution in [3.8, 4) is 6.07 Å². The maximum absolute atomic E-state index is 9.30. The van der Waals surface area contributed by atoms with Crippen LogP contribution in [0.1, 0.15) is 25.7 Å². The molecule has 1 aliphatic rings. The quantitative estimate of drug-likeness (QED) is 0.818. The lowest BCUT2D eigenvalue weighted by Gasteiger charge is -2.28. The molecule has 86 valence electrons. The van der Waals surface area contributed by atoms with Crippen LogP contribution in [0.15, 0.2) is 12.7 Å². The molecule has 0 spiro atoms. The third-order valence-corrected chi connectivity index (χ3v) is 3.64. The maximum Gasteiger partial charge on any atom is 0.137 e. The molecule has 0 aromatic carbocycles. The SMILES string of the molecule is CNC1(C#N)CCCC1CCn1cncn1. The van der Waals surface area contributed by atoms with Gasteiger partial charge < -0.3 is 5.32 Å². The van der Waals surface area contributed by atoms with Crippen molar-refractivity contribution in [2.45, 2.75) is 37.8 Å². The van der Waals surface area contributed by atoms with Gasteiger partial charge in [-0.15, -0.1) is 0 Å². The van der Waals surface area contributed by atoms with Gasteiger partial charge in [0, 0.05) is 6.54 Å². The monoisotopic (exact) mass is 219 g/mol. The van der Waals surface area contributed by atoms with Crippen molar-refractivity contribution in [1.82, 2.24) is 20.1 Å². The lowest BCUT2D eigenvalue weighted by Crippen LogP contribution is -2.45. The van der Waals surface area contributed by atoms with E-state index in [2.05, 4.69) is 21.5 Å². The summed E-state index contributed by atoms with van der Waals surface area (Å²) in [6.07, 6.45) is 7.48. The topological polar surface area (TPSA) is 66.5 Å². The van der Waals surface area contributed by atoms with Gasteiger partial charge in [-0.25, -0.2) is 4.98 Å². The summed E-state index contributed by atoms with van der Waals surface area (Å²) in [5, 5.41) is 16.6. The molecule has 1 fully saturated rings. The zero-order valence-corrected chi connectivity index (χ0v) is 9.56. The number of aromatic nitrogens is 3. The van der Waals surface area contributed by atoms with Crippen LogP contribution in [0.5, 0.6) is 0 Å². The molecule has 1 aliphatic carbocycles. The molecular weight excluding hydrogens is 202 g/mol. The first-order valence-corrected chi connectivity index (χ1v) is 5.73. The molecular formula is C11H17N5. The highest BCUT2D eigenvalue weighted by Gasteiger charge is 2.41. The van der Waals surface area contributed by atoms with Crippen LogP contribution in [-0.2, 0) is 6.54 Å². The third-order valence-electron chi connectivity index (χ3n) is 3.64. The zero-order chi connectivity index (χ0) is 11.4. The molecule has 0 saturated heterocycles. The summed E-state index contributed by atoms with van der Waals surface area (Å²) < 4.78 is 1.83. The molecule has 1 aromatic rings. The van der Waals surface area contributed by atoms with E-state index in [0.717, 1.165) is 32.2 Å². The predicted molar refractivity (Wildman–Crippen MR) is 59.4 cm³/mol. The molecule has 2 unspecified atom stereocenters. The highest BCUT2D eigenvalue weighted by molar-refractivity contribution is 5.13. The summed E-state index contributed by atoms with van der Waals surface area (Å²) in [5.41, 5.74) is -0.319. The smallest absolute Gasteiger partial charge is 0.137 e. The Bertz CT molecular complexity index is 366. The van der Waals surface area contributed by atoms with Gasteiger partial charge in [0.2, 0.25) is 0 Å². The van der Waals surface area contributed by atoms with Crippen LogP contribution in [-0.4, -0.2) is 27.4 Å². The highest BCUT2D eigenvalue weighted by Crippen LogP contribution is 2.37. The number of nitrogens with one attached hydrogen (secondary N) is 1. The lowest BCUT2D eigenvalue weighted by molar-refractivity contribution is 0.303. The average molecular weight is 219 g/mol. The van der Waals surface area contributed by atoms with Crippen molar-refractivity contribution < 1.29 is 0 Å².